The number of carbonyl (C=O) groups is 1. The van der Waals surface area contributed by atoms with Crippen molar-refractivity contribution in [3.63, 3.8) is 0 Å². The SMILES string of the molecule is COc1ccccc1-c1ccc(N2CCN(C(=O)c3ccc(Cl)c([N+](=O)[O-])c3)CC2)nn1. The van der Waals surface area contributed by atoms with Gasteiger partial charge in [-0.2, -0.15) is 0 Å². The molecule has 0 bridgehead atoms. The van der Waals surface area contributed by atoms with Crippen LogP contribution in [0.1, 0.15) is 10.4 Å². The molecule has 2 heterocycles. The minimum absolute atomic E-state index is 0.00603. The molecule has 0 radical (unpaired) electrons. The molecular formula is C22H20ClN5O4. The van der Waals surface area contributed by atoms with Gasteiger partial charge in [-0.05, 0) is 36.4 Å². The summed E-state index contributed by atoms with van der Waals surface area (Å²) in [5.41, 5.74) is 1.54. The van der Waals surface area contributed by atoms with Crippen molar-refractivity contribution >= 4 is 29.0 Å². The van der Waals surface area contributed by atoms with Crippen molar-refractivity contribution in [3.8, 4) is 17.0 Å². The third-order valence-electron chi connectivity index (χ3n) is 5.31. The van der Waals surface area contributed by atoms with Crippen LogP contribution in [0, 0.1) is 10.1 Å². The summed E-state index contributed by atoms with van der Waals surface area (Å²) in [7, 11) is 1.61. The Labute approximate surface area is 189 Å². The summed E-state index contributed by atoms with van der Waals surface area (Å²) in [5.74, 6) is 1.18. The summed E-state index contributed by atoms with van der Waals surface area (Å²) in [6.07, 6.45) is 0. The third-order valence-corrected chi connectivity index (χ3v) is 5.63. The number of nitro benzene ring substituents is 1. The molecule has 0 saturated carbocycles. The number of piperazine rings is 1. The van der Waals surface area contributed by atoms with Gasteiger partial charge in [-0.1, -0.05) is 23.7 Å². The first-order valence-corrected chi connectivity index (χ1v) is 10.3. The van der Waals surface area contributed by atoms with Gasteiger partial charge >= 0.3 is 0 Å². The maximum Gasteiger partial charge on any atom is 0.288 e. The molecule has 10 heteroatoms. The molecular weight excluding hydrogens is 434 g/mol. The van der Waals surface area contributed by atoms with Crippen LogP contribution in [-0.4, -0.2) is 59.2 Å². The Morgan fingerprint density at radius 3 is 2.47 bits per heavy atom. The lowest BCUT2D eigenvalue weighted by Gasteiger charge is -2.35. The van der Waals surface area contributed by atoms with Gasteiger partial charge < -0.3 is 14.5 Å². The molecule has 0 atom stereocenters. The highest BCUT2D eigenvalue weighted by atomic mass is 35.5. The molecule has 1 aliphatic rings. The number of benzene rings is 2. The van der Waals surface area contributed by atoms with E-state index in [0.717, 1.165) is 17.1 Å². The lowest BCUT2D eigenvalue weighted by Crippen LogP contribution is -2.49. The average Bonchev–Trinajstić information content (AvgIpc) is 2.84. The largest absolute Gasteiger partial charge is 0.496 e. The Kier molecular flexibility index (Phi) is 6.18. The van der Waals surface area contributed by atoms with Crippen LogP contribution in [-0.2, 0) is 0 Å². The number of methoxy groups -OCH3 is 1. The summed E-state index contributed by atoms with van der Waals surface area (Å²) in [4.78, 5) is 27.0. The van der Waals surface area contributed by atoms with Gasteiger partial charge in [-0.15, -0.1) is 10.2 Å². The molecule has 1 fully saturated rings. The van der Waals surface area contributed by atoms with Gasteiger partial charge in [0.25, 0.3) is 11.6 Å². The predicted octanol–water partition coefficient (Wildman–Crippen LogP) is 3.68. The second kappa shape index (κ2) is 9.19. The maximum absolute atomic E-state index is 12.8. The third kappa shape index (κ3) is 4.33. The highest BCUT2D eigenvalue weighted by Gasteiger charge is 2.25. The fourth-order valence-electron chi connectivity index (χ4n) is 3.60. The lowest BCUT2D eigenvalue weighted by atomic mass is 10.1. The number of hydrogen-bond donors (Lipinski definition) is 0. The Hall–Kier alpha value is -3.72. The molecule has 1 aliphatic heterocycles. The zero-order chi connectivity index (χ0) is 22.7. The number of amides is 1. The minimum atomic E-state index is -0.593. The molecule has 2 aromatic carbocycles. The number of nitro groups is 1. The van der Waals surface area contributed by atoms with E-state index in [1.54, 1.807) is 12.0 Å². The highest BCUT2D eigenvalue weighted by molar-refractivity contribution is 6.32. The number of aromatic nitrogens is 2. The number of nitrogens with zero attached hydrogens (tertiary/aromatic N) is 5. The van der Waals surface area contributed by atoms with Gasteiger partial charge in [0.15, 0.2) is 5.82 Å². The molecule has 4 rings (SSSR count). The highest BCUT2D eigenvalue weighted by Crippen LogP contribution is 2.29. The van der Waals surface area contributed by atoms with Crippen LogP contribution in [0.2, 0.25) is 5.02 Å². The number of hydrogen-bond acceptors (Lipinski definition) is 7. The molecule has 3 aromatic rings. The smallest absolute Gasteiger partial charge is 0.288 e. The maximum atomic E-state index is 12.8. The van der Waals surface area contributed by atoms with Gasteiger partial charge in [0, 0.05) is 43.4 Å². The van der Waals surface area contributed by atoms with Crippen molar-refractivity contribution in [2.24, 2.45) is 0 Å². The minimum Gasteiger partial charge on any atom is -0.496 e. The van der Waals surface area contributed by atoms with E-state index in [1.165, 1.54) is 18.2 Å². The van der Waals surface area contributed by atoms with E-state index in [4.69, 9.17) is 16.3 Å². The topological polar surface area (TPSA) is 102 Å². The zero-order valence-corrected chi connectivity index (χ0v) is 18.0. The first-order valence-electron chi connectivity index (χ1n) is 9.93. The normalized spacial score (nSPS) is 13.7. The van der Waals surface area contributed by atoms with Crippen molar-refractivity contribution in [2.45, 2.75) is 0 Å². The van der Waals surface area contributed by atoms with Gasteiger partial charge in [0.1, 0.15) is 10.8 Å². The lowest BCUT2D eigenvalue weighted by molar-refractivity contribution is -0.384. The first-order chi connectivity index (χ1) is 15.5. The van der Waals surface area contributed by atoms with Crippen LogP contribution >= 0.6 is 11.6 Å². The number of halogens is 1. The van der Waals surface area contributed by atoms with Gasteiger partial charge in [-0.3, -0.25) is 14.9 Å². The summed E-state index contributed by atoms with van der Waals surface area (Å²) in [6, 6.07) is 15.5. The molecule has 1 aromatic heterocycles. The van der Waals surface area contributed by atoms with Gasteiger partial charge in [0.05, 0.1) is 17.7 Å². The second-order valence-corrected chi connectivity index (χ2v) is 7.59. The summed E-state index contributed by atoms with van der Waals surface area (Å²) < 4.78 is 5.38. The van der Waals surface area contributed by atoms with Crippen LogP contribution in [0.25, 0.3) is 11.3 Å². The van der Waals surface area contributed by atoms with Crippen LogP contribution in [0.15, 0.2) is 54.6 Å². The van der Waals surface area contributed by atoms with E-state index in [-0.39, 0.29) is 22.2 Å². The summed E-state index contributed by atoms with van der Waals surface area (Å²) in [6.45, 7) is 2.07. The average molecular weight is 454 g/mol. The fraction of sp³-hybridized carbons (Fsp3) is 0.227. The van der Waals surface area contributed by atoms with Crippen LogP contribution < -0.4 is 9.64 Å². The molecule has 0 aliphatic carbocycles. The van der Waals surface area contributed by atoms with Crippen molar-refractivity contribution in [3.05, 3.63) is 75.3 Å². The number of rotatable bonds is 5. The van der Waals surface area contributed by atoms with Crippen molar-refractivity contribution in [1.82, 2.24) is 15.1 Å². The molecule has 1 saturated heterocycles. The number of carbonyl (C=O) groups excluding carboxylic acids is 1. The number of ether oxygens (including phenoxy) is 1. The monoisotopic (exact) mass is 453 g/mol. The van der Waals surface area contributed by atoms with Crippen molar-refractivity contribution in [1.29, 1.82) is 0 Å². The Morgan fingerprint density at radius 1 is 1.06 bits per heavy atom. The molecule has 9 nitrogen and oxygen atoms in total. The predicted molar refractivity (Wildman–Crippen MR) is 120 cm³/mol. The van der Waals surface area contributed by atoms with E-state index in [0.29, 0.717) is 31.9 Å². The van der Waals surface area contributed by atoms with Crippen LogP contribution in [0.4, 0.5) is 11.5 Å². The van der Waals surface area contributed by atoms with Crippen molar-refractivity contribution < 1.29 is 14.5 Å². The van der Waals surface area contributed by atoms with E-state index < -0.39 is 4.92 Å². The Balaban J connectivity index is 1.42. The molecule has 1 amide bonds. The second-order valence-electron chi connectivity index (χ2n) is 7.18. The molecule has 0 spiro atoms. The van der Waals surface area contributed by atoms with E-state index in [2.05, 4.69) is 10.2 Å². The van der Waals surface area contributed by atoms with E-state index in [1.807, 2.05) is 41.3 Å². The Bertz CT molecular complexity index is 1150. The molecule has 32 heavy (non-hydrogen) atoms. The first kappa shape index (κ1) is 21.5. The van der Waals surface area contributed by atoms with Gasteiger partial charge in [0.2, 0.25) is 0 Å². The standard InChI is InChI=1S/C22H20ClN5O4/c1-32-20-5-3-2-4-16(20)18-8-9-21(25-24-18)26-10-12-27(13-11-26)22(29)15-6-7-17(23)19(14-15)28(30)31/h2-9,14H,10-13H2,1H3. The summed E-state index contributed by atoms with van der Waals surface area (Å²) >= 11 is 5.84. The number of para-hydroxylation sites is 1. The zero-order valence-electron chi connectivity index (χ0n) is 17.3. The van der Waals surface area contributed by atoms with Crippen molar-refractivity contribution in [2.75, 3.05) is 38.2 Å². The van der Waals surface area contributed by atoms with E-state index in [9.17, 15) is 14.9 Å². The number of anilines is 1. The van der Waals surface area contributed by atoms with E-state index >= 15 is 0 Å². The molecule has 0 N–H and O–H groups in total. The van der Waals surface area contributed by atoms with Gasteiger partial charge in [-0.25, -0.2) is 0 Å². The Morgan fingerprint density at radius 2 is 1.81 bits per heavy atom. The summed E-state index contributed by atoms with van der Waals surface area (Å²) in [5, 5.41) is 19.8. The molecule has 164 valence electrons. The quantitative estimate of drug-likeness (QED) is 0.429. The van der Waals surface area contributed by atoms with Crippen LogP contribution in [0.5, 0.6) is 5.75 Å². The fourth-order valence-corrected chi connectivity index (χ4v) is 3.79. The van der Waals surface area contributed by atoms with Crippen LogP contribution in [0.3, 0.4) is 0 Å². The molecule has 0 unspecified atom stereocenters.